The Hall–Kier alpha value is -0.820. The summed E-state index contributed by atoms with van der Waals surface area (Å²) in [7, 11) is 0. The predicted molar refractivity (Wildman–Crippen MR) is 60.4 cm³/mol. The number of aliphatic hydroxyl groups is 1. The minimum atomic E-state index is 0.235. The summed E-state index contributed by atoms with van der Waals surface area (Å²) in [6, 6.07) is 8.54. The van der Waals surface area contributed by atoms with Crippen molar-refractivity contribution >= 4 is 0 Å². The van der Waals surface area contributed by atoms with Crippen molar-refractivity contribution in [2.45, 2.75) is 33.6 Å². The van der Waals surface area contributed by atoms with Crippen LogP contribution < -0.4 is 0 Å². The molecule has 1 rings (SSSR count). The third-order valence-corrected chi connectivity index (χ3v) is 2.16. The maximum atomic E-state index is 8.78. The highest BCUT2D eigenvalue weighted by molar-refractivity contribution is 5.23. The van der Waals surface area contributed by atoms with Gasteiger partial charge in [0.1, 0.15) is 0 Å². The summed E-state index contributed by atoms with van der Waals surface area (Å²) in [6.07, 6.45) is 1.86. The molecule has 0 aliphatic rings. The molecule has 1 aromatic rings. The highest BCUT2D eigenvalue weighted by Gasteiger charge is 2.10. The molecule has 1 nitrogen and oxygen atoms in total. The van der Waals surface area contributed by atoms with Gasteiger partial charge in [0.2, 0.25) is 0 Å². The van der Waals surface area contributed by atoms with Crippen molar-refractivity contribution < 1.29 is 5.11 Å². The fourth-order valence-electron chi connectivity index (χ4n) is 1.57. The summed E-state index contributed by atoms with van der Waals surface area (Å²) in [5, 5.41) is 8.78. The Balaban J connectivity index is 2.64. The lowest BCUT2D eigenvalue weighted by Crippen LogP contribution is -2.09. The van der Waals surface area contributed by atoms with Gasteiger partial charge < -0.3 is 5.11 Å². The van der Waals surface area contributed by atoms with E-state index in [0.717, 1.165) is 12.8 Å². The number of rotatable bonds is 3. The van der Waals surface area contributed by atoms with Gasteiger partial charge in [0.15, 0.2) is 0 Å². The second kappa shape index (κ2) is 4.61. The maximum Gasteiger partial charge on any atom is 0.0471 e. The minimum absolute atomic E-state index is 0.235. The Morgan fingerprint density at radius 1 is 1.00 bits per heavy atom. The van der Waals surface area contributed by atoms with Crippen LogP contribution >= 0.6 is 0 Å². The zero-order valence-corrected chi connectivity index (χ0v) is 9.38. The molecule has 14 heavy (non-hydrogen) atoms. The summed E-state index contributed by atoms with van der Waals surface area (Å²) in [5.41, 5.74) is 2.93. The summed E-state index contributed by atoms with van der Waals surface area (Å²) in [5.74, 6) is 0. The molecule has 0 aromatic heterocycles. The molecule has 1 N–H and O–H groups in total. The van der Waals surface area contributed by atoms with Crippen LogP contribution in [0.15, 0.2) is 24.3 Å². The Labute approximate surface area is 86.8 Å². The fourth-order valence-corrected chi connectivity index (χ4v) is 1.57. The molecule has 0 heterocycles. The second-order valence-electron chi connectivity index (χ2n) is 5.03. The Bertz CT molecular complexity index is 266. The third kappa shape index (κ3) is 3.93. The Morgan fingerprint density at radius 3 is 1.93 bits per heavy atom. The van der Waals surface area contributed by atoms with Gasteiger partial charge in [-0.25, -0.2) is 0 Å². The van der Waals surface area contributed by atoms with Crippen LogP contribution in [-0.2, 0) is 12.8 Å². The third-order valence-electron chi connectivity index (χ3n) is 2.16. The lowest BCUT2D eigenvalue weighted by atomic mass is 9.88. The number of aliphatic hydroxyl groups excluding tert-OH is 1. The maximum absolute atomic E-state index is 8.78. The van der Waals surface area contributed by atoms with E-state index in [4.69, 9.17) is 5.11 Å². The normalized spacial score (nSPS) is 11.7. The molecule has 0 aliphatic carbocycles. The van der Waals surface area contributed by atoms with Crippen LogP contribution in [0.5, 0.6) is 0 Å². The topological polar surface area (TPSA) is 20.2 Å². The molecule has 0 radical (unpaired) electrons. The zero-order chi connectivity index (χ0) is 10.6. The van der Waals surface area contributed by atoms with E-state index in [9.17, 15) is 0 Å². The SMILES string of the molecule is CC(C)(C)Cc1ccc(CCO)cc1. The van der Waals surface area contributed by atoms with Crippen molar-refractivity contribution in [1.82, 2.24) is 0 Å². The highest BCUT2D eigenvalue weighted by atomic mass is 16.2. The van der Waals surface area contributed by atoms with Gasteiger partial charge in [-0.05, 0) is 29.4 Å². The molecule has 1 heteroatoms. The molecule has 0 amide bonds. The smallest absolute Gasteiger partial charge is 0.0471 e. The standard InChI is InChI=1S/C13H20O/c1-13(2,3)10-12-6-4-11(5-7-12)8-9-14/h4-7,14H,8-10H2,1-3H3. The van der Waals surface area contributed by atoms with Gasteiger partial charge in [0.05, 0.1) is 0 Å². The van der Waals surface area contributed by atoms with Gasteiger partial charge in [-0.15, -0.1) is 0 Å². The van der Waals surface area contributed by atoms with Gasteiger partial charge >= 0.3 is 0 Å². The van der Waals surface area contributed by atoms with E-state index in [0.29, 0.717) is 5.41 Å². The van der Waals surface area contributed by atoms with Crippen LogP contribution in [0.3, 0.4) is 0 Å². The molecule has 0 spiro atoms. The van der Waals surface area contributed by atoms with Crippen LogP contribution in [-0.4, -0.2) is 11.7 Å². The van der Waals surface area contributed by atoms with E-state index in [-0.39, 0.29) is 6.61 Å². The molecular formula is C13H20O. The molecule has 0 atom stereocenters. The molecule has 0 aliphatic heterocycles. The Kier molecular flexibility index (Phi) is 3.70. The number of hydrogen-bond acceptors (Lipinski definition) is 1. The van der Waals surface area contributed by atoms with Gasteiger partial charge in [0.25, 0.3) is 0 Å². The summed E-state index contributed by atoms with van der Waals surface area (Å²) >= 11 is 0. The minimum Gasteiger partial charge on any atom is -0.396 e. The number of hydrogen-bond donors (Lipinski definition) is 1. The van der Waals surface area contributed by atoms with Gasteiger partial charge in [-0.3, -0.25) is 0 Å². The zero-order valence-electron chi connectivity index (χ0n) is 9.38. The highest BCUT2D eigenvalue weighted by Crippen LogP contribution is 2.20. The van der Waals surface area contributed by atoms with Crippen molar-refractivity contribution in [2.75, 3.05) is 6.61 Å². The Morgan fingerprint density at radius 2 is 1.50 bits per heavy atom. The molecule has 1 aromatic carbocycles. The van der Waals surface area contributed by atoms with Crippen molar-refractivity contribution in [3.63, 3.8) is 0 Å². The van der Waals surface area contributed by atoms with Crippen LogP contribution in [0.2, 0.25) is 0 Å². The van der Waals surface area contributed by atoms with Crippen LogP contribution in [0, 0.1) is 5.41 Å². The summed E-state index contributed by atoms with van der Waals surface area (Å²) in [6.45, 7) is 6.97. The van der Waals surface area contributed by atoms with Crippen molar-refractivity contribution in [3.8, 4) is 0 Å². The first-order valence-electron chi connectivity index (χ1n) is 5.20. The molecule has 0 saturated carbocycles. The largest absolute Gasteiger partial charge is 0.396 e. The predicted octanol–water partition coefficient (Wildman–Crippen LogP) is 2.81. The molecule has 0 fully saturated rings. The van der Waals surface area contributed by atoms with Crippen LogP contribution in [0.4, 0.5) is 0 Å². The monoisotopic (exact) mass is 192 g/mol. The quantitative estimate of drug-likeness (QED) is 0.780. The molecule has 0 bridgehead atoms. The second-order valence-corrected chi connectivity index (χ2v) is 5.03. The average molecular weight is 192 g/mol. The van der Waals surface area contributed by atoms with E-state index < -0.39 is 0 Å². The lowest BCUT2D eigenvalue weighted by molar-refractivity contribution is 0.299. The average Bonchev–Trinajstić information content (AvgIpc) is 2.06. The first-order chi connectivity index (χ1) is 6.51. The van der Waals surface area contributed by atoms with Crippen molar-refractivity contribution in [1.29, 1.82) is 0 Å². The van der Waals surface area contributed by atoms with Crippen LogP contribution in [0.1, 0.15) is 31.9 Å². The summed E-state index contributed by atoms with van der Waals surface area (Å²) < 4.78 is 0. The summed E-state index contributed by atoms with van der Waals surface area (Å²) in [4.78, 5) is 0. The fraction of sp³-hybridized carbons (Fsp3) is 0.538. The molecule has 0 saturated heterocycles. The first kappa shape index (κ1) is 11.3. The molecule has 0 unspecified atom stereocenters. The lowest BCUT2D eigenvalue weighted by Gasteiger charge is -2.18. The van der Waals surface area contributed by atoms with E-state index in [1.165, 1.54) is 11.1 Å². The van der Waals surface area contributed by atoms with E-state index in [2.05, 4.69) is 45.0 Å². The van der Waals surface area contributed by atoms with Gasteiger partial charge in [0, 0.05) is 6.61 Å². The van der Waals surface area contributed by atoms with Gasteiger partial charge in [-0.2, -0.15) is 0 Å². The molecule has 78 valence electrons. The van der Waals surface area contributed by atoms with E-state index >= 15 is 0 Å². The van der Waals surface area contributed by atoms with Crippen molar-refractivity contribution in [2.24, 2.45) is 5.41 Å². The van der Waals surface area contributed by atoms with Crippen LogP contribution in [0.25, 0.3) is 0 Å². The van der Waals surface area contributed by atoms with Gasteiger partial charge in [-0.1, -0.05) is 45.0 Å². The first-order valence-corrected chi connectivity index (χ1v) is 5.20. The van der Waals surface area contributed by atoms with Crippen molar-refractivity contribution in [3.05, 3.63) is 35.4 Å². The van der Waals surface area contributed by atoms with E-state index in [1.54, 1.807) is 0 Å². The number of benzene rings is 1. The molecular weight excluding hydrogens is 172 g/mol. The van der Waals surface area contributed by atoms with E-state index in [1.807, 2.05) is 0 Å².